The van der Waals surface area contributed by atoms with Crippen molar-refractivity contribution in [1.82, 2.24) is 0 Å². The average molecular weight is 268 g/mol. The maximum atomic E-state index is 9.44. The lowest BCUT2D eigenvalue weighted by Gasteiger charge is -2.04. The molecule has 0 aliphatic heterocycles. The lowest BCUT2D eigenvalue weighted by molar-refractivity contribution is 0.0807. The second kappa shape index (κ2) is 6.21. The fraction of sp³-hybridized carbons (Fsp3) is 0.333. The highest BCUT2D eigenvalue weighted by Gasteiger charge is 2.50. The van der Waals surface area contributed by atoms with Gasteiger partial charge in [-0.25, -0.2) is 0 Å². The third-order valence-electron chi connectivity index (χ3n) is 4.06. The monoisotopic (exact) mass is 268 g/mol. The molecule has 2 nitrogen and oxygen atoms in total. The van der Waals surface area contributed by atoms with Gasteiger partial charge in [-0.2, -0.15) is 0 Å². The molecule has 1 N–H and O–H groups in total. The largest absolute Gasteiger partial charge is 0.396 e. The van der Waals surface area contributed by atoms with Crippen molar-refractivity contribution in [2.75, 3.05) is 6.61 Å². The van der Waals surface area contributed by atoms with E-state index < -0.39 is 0 Å². The number of aliphatic hydroxyl groups is 1. The van der Waals surface area contributed by atoms with Crippen LogP contribution in [0.15, 0.2) is 60.7 Å². The van der Waals surface area contributed by atoms with Crippen LogP contribution in [0.5, 0.6) is 0 Å². The molecule has 0 saturated heterocycles. The van der Waals surface area contributed by atoms with Gasteiger partial charge in [0, 0.05) is 12.5 Å². The number of aliphatic hydroxyl groups excluding tert-OH is 1. The molecule has 0 heterocycles. The number of benzene rings is 2. The zero-order chi connectivity index (χ0) is 13.8. The molecule has 0 bridgehead atoms. The SMILES string of the molecule is OCC1C(Cc2ccccc2)C1OCc1ccccc1. The van der Waals surface area contributed by atoms with Crippen molar-refractivity contribution in [2.45, 2.75) is 19.1 Å². The molecule has 0 spiro atoms. The summed E-state index contributed by atoms with van der Waals surface area (Å²) in [7, 11) is 0. The summed E-state index contributed by atoms with van der Waals surface area (Å²) in [5, 5.41) is 9.44. The summed E-state index contributed by atoms with van der Waals surface area (Å²) < 4.78 is 5.97. The predicted molar refractivity (Wildman–Crippen MR) is 79.2 cm³/mol. The Hall–Kier alpha value is -1.64. The molecule has 0 aromatic heterocycles. The van der Waals surface area contributed by atoms with Gasteiger partial charge in [-0.3, -0.25) is 0 Å². The molecule has 20 heavy (non-hydrogen) atoms. The molecular formula is C18H20O2. The van der Waals surface area contributed by atoms with E-state index in [4.69, 9.17) is 4.74 Å². The van der Waals surface area contributed by atoms with E-state index in [1.165, 1.54) is 11.1 Å². The lowest BCUT2D eigenvalue weighted by Crippen LogP contribution is -2.01. The number of rotatable bonds is 6. The van der Waals surface area contributed by atoms with E-state index in [9.17, 15) is 5.11 Å². The Kier molecular flexibility index (Phi) is 4.14. The summed E-state index contributed by atoms with van der Waals surface area (Å²) in [6.45, 7) is 0.851. The highest BCUT2D eigenvalue weighted by atomic mass is 16.5. The smallest absolute Gasteiger partial charge is 0.0720 e. The normalized spacial score (nSPS) is 24.6. The second-order valence-corrected chi connectivity index (χ2v) is 5.46. The Morgan fingerprint density at radius 2 is 1.40 bits per heavy atom. The van der Waals surface area contributed by atoms with Crippen LogP contribution in [-0.2, 0) is 17.8 Å². The van der Waals surface area contributed by atoms with Gasteiger partial charge in [0.15, 0.2) is 0 Å². The molecular weight excluding hydrogens is 248 g/mol. The summed E-state index contributed by atoms with van der Waals surface area (Å²) in [5.74, 6) is 0.741. The van der Waals surface area contributed by atoms with Crippen LogP contribution < -0.4 is 0 Å². The fourth-order valence-electron chi connectivity index (χ4n) is 2.82. The van der Waals surface area contributed by atoms with E-state index in [0.29, 0.717) is 18.4 Å². The highest BCUT2D eigenvalue weighted by molar-refractivity contribution is 5.19. The Morgan fingerprint density at radius 3 is 2.00 bits per heavy atom. The molecule has 2 aromatic rings. The van der Waals surface area contributed by atoms with E-state index >= 15 is 0 Å². The van der Waals surface area contributed by atoms with Crippen LogP contribution in [0.3, 0.4) is 0 Å². The Morgan fingerprint density at radius 1 is 0.800 bits per heavy atom. The standard InChI is InChI=1S/C18H20O2/c19-12-17-16(11-14-7-3-1-4-8-14)18(17)20-13-15-9-5-2-6-10-15/h1-10,16-19H,11-13H2. The zero-order valence-electron chi connectivity index (χ0n) is 11.5. The second-order valence-electron chi connectivity index (χ2n) is 5.46. The van der Waals surface area contributed by atoms with Gasteiger partial charge >= 0.3 is 0 Å². The van der Waals surface area contributed by atoms with Crippen LogP contribution in [0.1, 0.15) is 11.1 Å². The summed E-state index contributed by atoms with van der Waals surface area (Å²) in [6.07, 6.45) is 1.19. The molecule has 3 rings (SSSR count). The first-order valence-corrected chi connectivity index (χ1v) is 7.19. The fourth-order valence-corrected chi connectivity index (χ4v) is 2.82. The molecule has 2 aromatic carbocycles. The highest BCUT2D eigenvalue weighted by Crippen LogP contribution is 2.44. The van der Waals surface area contributed by atoms with Gasteiger partial charge in [-0.1, -0.05) is 60.7 Å². The number of ether oxygens (including phenoxy) is 1. The molecule has 1 saturated carbocycles. The quantitative estimate of drug-likeness (QED) is 0.872. The molecule has 3 atom stereocenters. The molecule has 2 heteroatoms. The van der Waals surface area contributed by atoms with Crippen LogP contribution in [0.4, 0.5) is 0 Å². The van der Waals surface area contributed by atoms with Crippen molar-refractivity contribution in [3.05, 3.63) is 71.8 Å². The molecule has 1 aliphatic rings. The van der Waals surface area contributed by atoms with Gasteiger partial charge < -0.3 is 9.84 Å². The summed E-state index contributed by atoms with van der Waals surface area (Å²) in [6, 6.07) is 20.6. The van der Waals surface area contributed by atoms with Crippen molar-refractivity contribution >= 4 is 0 Å². The summed E-state index contributed by atoms with van der Waals surface area (Å²) in [4.78, 5) is 0. The van der Waals surface area contributed by atoms with E-state index in [1.807, 2.05) is 24.3 Å². The van der Waals surface area contributed by atoms with Crippen LogP contribution >= 0.6 is 0 Å². The van der Waals surface area contributed by atoms with Crippen molar-refractivity contribution in [3.8, 4) is 0 Å². The van der Waals surface area contributed by atoms with Gasteiger partial charge in [0.05, 0.1) is 12.7 Å². The third-order valence-corrected chi connectivity index (χ3v) is 4.06. The van der Waals surface area contributed by atoms with Gasteiger partial charge in [-0.05, 0) is 23.5 Å². The first-order valence-electron chi connectivity index (χ1n) is 7.19. The third kappa shape index (κ3) is 3.09. The van der Waals surface area contributed by atoms with Gasteiger partial charge in [0.2, 0.25) is 0 Å². The van der Waals surface area contributed by atoms with E-state index in [-0.39, 0.29) is 12.7 Å². The average Bonchev–Trinajstić information content (AvgIpc) is 3.18. The van der Waals surface area contributed by atoms with Crippen LogP contribution in [0.2, 0.25) is 0 Å². The predicted octanol–water partition coefficient (Wildman–Crippen LogP) is 3.05. The van der Waals surface area contributed by atoms with Gasteiger partial charge in [-0.15, -0.1) is 0 Å². The molecule has 0 amide bonds. The minimum Gasteiger partial charge on any atom is -0.396 e. The molecule has 1 fully saturated rings. The van der Waals surface area contributed by atoms with Crippen LogP contribution in [-0.4, -0.2) is 17.8 Å². The van der Waals surface area contributed by atoms with Crippen molar-refractivity contribution in [3.63, 3.8) is 0 Å². The minimum atomic E-state index is 0.195. The van der Waals surface area contributed by atoms with E-state index in [0.717, 1.165) is 6.42 Å². The molecule has 3 unspecified atom stereocenters. The molecule has 104 valence electrons. The van der Waals surface area contributed by atoms with Gasteiger partial charge in [0.25, 0.3) is 0 Å². The Bertz CT molecular complexity index is 524. The first kappa shape index (κ1) is 13.3. The van der Waals surface area contributed by atoms with Crippen LogP contribution in [0, 0.1) is 11.8 Å². The Labute approximate surface area is 120 Å². The first-order chi connectivity index (χ1) is 9.88. The van der Waals surface area contributed by atoms with E-state index in [1.54, 1.807) is 0 Å². The summed E-state index contributed by atoms with van der Waals surface area (Å²) in [5.41, 5.74) is 2.51. The maximum Gasteiger partial charge on any atom is 0.0720 e. The number of hydrogen-bond acceptors (Lipinski definition) is 2. The maximum absolute atomic E-state index is 9.44. The summed E-state index contributed by atoms with van der Waals surface area (Å²) >= 11 is 0. The zero-order valence-corrected chi connectivity index (χ0v) is 11.5. The van der Waals surface area contributed by atoms with Gasteiger partial charge in [0.1, 0.15) is 0 Å². The lowest BCUT2D eigenvalue weighted by atomic mass is 10.1. The van der Waals surface area contributed by atoms with Crippen molar-refractivity contribution in [2.24, 2.45) is 11.8 Å². The minimum absolute atomic E-state index is 0.195. The van der Waals surface area contributed by atoms with Crippen molar-refractivity contribution < 1.29 is 9.84 Å². The Balaban J connectivity index is 1.55. The van der Waals surface area contributed by atoms with Crippen molar-refractivity contribution in [1.29, 1.82) is 0 Å². The van der Waals surface area contributed by atoms with E-state index in [2.05, 4.69) is 36.4 Å². The van der Waals surface area contributed by atoms with Crippen LogP contribution in [0.25, 0.3) is 0 Å². The topological polar surface area (TPSA) is 29.5 Å². The molecule has 0 radical (unpaired) electrons. The number of hydrogen-bond donors (Lipinski definition) is 1. The molecule has 1 aliphatic carbocycles.